The van der Waals surface area contributed by atoms with Gasteiger partial charge in [-0.05, 0) is 63.1 Å². The number of carbonyl (C=O) groups is 1. The molecule has 162 valence electrons. The number of H-pyrrole nitrogens is 1. The fraction of sp³-hybridized carbons (Fsp3) is 0.435. The Morgan fingerprint density at radius 2 is 2.10 bits per heavy atom. The number of fused-ring (bicyclic) bond motifs is 1. The highest BCUT2D eigenvalue weighted by Gasteiger charge is 2.17. The van der Waals surface area contributed by atoms with Crippen LogP contribution >= 0.6 is 23.2 Å². The molecular weight excluding hydrogens is 421 g/mol. The monoisotopic (exact) mass is 449 g/mol. The average molecular weight is 450 g/mol. The van der Waals surface area contributed by atoms with Crippen molar-refractivity contribution in [3.8, 4) is 0 Å². The van der Waals surface area contributed by atoms with Crippen molar-refractivity contribution in [2.24, 2.45) is 0 Å². The number of nitrogens with zero attached hydrogens (tertiary/aromatic N) is 1. The van der Waals surface area contributed by atoms with Gasteiger partial charge in [0.1, 0.15) is 0 Å². The Bertz CT molecular complexity index is 897. The summed E-state index contributed by atoms with van der Waals surface area (Å²) in [7, 11) is 1.50. The van der Waals surface area contributed by atoms with Crippen LogP contribution in [0.4, 0.5) is 0 Å². The van der Waals surface area contributed by atoms with Crippen LogP contribution in [-0.2, 0) is 9.53 Å². The molecule has 3 rings (SSSR count). The van der Waals surface area contributed by atoms with Gasteiger partial charge in [0.15, 0.2) is 5.76 Å². The third-order valence-electron chi connectivity index (χ3n) is 5.50. The Kier molecular flexibility index (Phi) is 8.25. The number of carbonyl (C=O) groups excluding carboxylic acids is 1. The highest BCUT2D eigenvalue weighted by atomic mass is 35.5. The maximum atomic E-state index is 12.4. The van der Waals surface area contributed by atoms with E-state index in [0.717, 1.165) is 36.1 Å². The van der Waals surface area contributed by atoms with Crippen LogP contribution in [0.3, 0.4) is 0 Å². The maximum Gasteiger partial charge on any atom is 0.286 e. The molecule has 1 aliphatic heterocycles. The number of nitrogens with one attached hydrogen (secondary N) is 2. The number of rotatable bonds is 8. The number of aromatic amines is 1. The van der Waals surface area contributed by atoms with Crippen LogP contribution in [0, 0.1) is 0 Å². The zero-order valence-corrected chi connectivity index (χ0v) is 19.0. The van der Waals surface area contributed by atoms with Crippen molar-refractivity contribution in [1.29, 1.82) is 0 Å². The van der Waals surface area contributed by atoms with E-state index in [-0.39, 0.29) is 11.7 Å². The van der Waals surface area contributed by atoms with Gasteiger partial charge in [0.25, 0.3) is 5.91 Å². The second kappa shape index (κ2) is 10.9. The minimum Gasteiger partial charge on any atom is -0.491 e. The van der Waals surface area contributed by atoms with Crippen LogP contribution in [-0.4, -0.2) is 48.6 Å². The van der Waals surface area contributed by atoms with Crippen molar-refractivity contribution in [2.45, 2.75) is 38.6 Å². The number of allylic oxidation sites excluding steroid dienone is 2. The Balaban J connectivity index is 1.51. The Morgan fingerprint density at radius 3 is 2.87 bits per heavy atom. The predicted molar refractivity (Wildman–Crippen MR) is 125 cm³/mol. The number of aromatic nitrogens is 1. The second-order valence-electron chi connectivity index (χ2n) is 7.66. The quantitative estimate of drug-likeness (QED) is 0.245. The number of hydrogen-bond donors (Lipinski definition) is 2. The molecule has 7 heteroatoms. The van der Waals surface area contributed by atoms with Crippen molar-refractivity contribution in [2.75, 3.05) is 26.7 Å². The SMILES string of the molecule is CO/C(=C\C=C\c1cc2cc(Cl)c(Cl)cc2[nH]1)C(=O)NCCCN1CCCC[C@H]1C. The molecule has 0 saturated carbocycles. The summed E-state index contributed by atoms with van der Waals surface area (Å²) in [4.78, 5) is 18.1. The molecule has 0 aliphatic carbocycles. The van der Waals surface area contributed by atoms with E-state index >= 15 is 0 Å². The van der Waals surface area contributed by atoms with Crippen LogP contribution in [0.15, 0.2) is 36.1 Å². The molecular formula is C23H29Cl2N3O2. The number of methoxy groups -OCH3 is 1. The van der Waals surface area contributed by atoms with Gasteiger partial charge in [0.2, 0.25) is 0 Å². The molecule has 2 heterocycles. The summed E-state index contributed by atoms with van der Waals surface area (Å²) in [6.45, 7) is 5.10. The predicted octanol–water partition coefficient (Wildman–Crippen LogP) is 5.40. The van der Waals surface area contributed by atoms with Crippen LogP contribution in [0.25, 0.3) is 17.0 Å². The van der Waals surface area contributed by atoms with Gasteiger partial charge in [-0.15, -0.1) is 0 Å². The highest BCUT2D eigenvalue weighted by molar-refractivity contribution is 6.42. The Morgan fingerprint density at radius 1 is 1.30 bits per heavy atom. The minimum absolute atomic E-state index is 0.205. The van der Waals surface area contributed by atoms with Crippen molar-refractivity contribution in [3.63, 3.8) is 0 Å². The van der Waals surface area contributed by atoms with Gasteiger partial charge in [-0.3, -0.25) is 4.79 Å². The molecule has 1 aromatic carbocycles. The zero-order valence-electron chi connectivity index (χ0n) is 17.5. The number of halogens is 2. The van der Waals surface area contributed by atoms with E-state index in [1.807, 2.05) is 18.2 Å². The molecule has 0 unspecified atom stereocenters. The van der Waals surface area contributed by atoms with Gasteiger partial charge >= 0.3 is 0 Å². The lowest BCUT2D eigenvalue weighted by molar-refractivity contribution is -0.120. The zero-order chi connectivity index (χ0) is 21.5. The van der Waals surface area contributed by atoms with Gasteiger partial charge in [-0.25, -0.2) is 0 Å². The molecule has 1 amide bonds. The first-order chi connectivity index (χ1) is 14.5. The van der Waals surface area contributed by atoms with Crippen molar-refractivity contribution in [1.82, 2.24) is 15.2 Å². The smallest absolute Gasteiger partial charge is 0.286 e. The summed E-state index contributed by atoms with van der Waals surface area (Å²) in [5.41, 5.74) is 1.78. The lowest BCUT2D eigenvalue weighted by Crippen LogP contribution is -2.39. The highest BCUT2D eigenvalue weighted by Crippen LogP contribution is 2.28. The minimum atomic E-state index is -0.205. The van der Waals surface area contributed by atoms with Crippen molar-refractivity contribution in [3.05, 3.63) is 51.8 Å². The molecule has 5 nitrogen and oxygen atoms in total. The fourth-order valence-electron chi connectivity index (χ4n) is 3.78. The van der Waals surface area contributed by atoms with Gasteiger partial charge in [0.05, 0.1) is 17.2 Å². The standard InChI is InChI=1S/C23H29Cl2N3O2/c1-16-7-3-4-11-28(16)12-6-10-26-23(29)22(30-2)9-5-8-18-13-17-14-19(24)20(25)15-21(17)27-18/h5,8-9,13-16,27H,3-4,6-7,10-12H2,1-2H3,(H,26,29)/b8-5+,22-9-/t16-/m1/s1. The number of piperidine rings is 1. The van der Waals surface area contributed by atoms with E-state index in [9.17, 15) is 4.79 Å². The first-order valence-electron chi connectivity index (χ1n) is 10.4. The molecule has 0 bridgehead atoms. The van der Waals surface area contributed by atoms with E-state index in [0.29, 0.717) is 22.6 Å². The molecule has 2 N–H and O–H groups in total. The molecule has 1 atom stereocenters. The lowest BCUT2D eigenvalue weighted by atomic mass is 10.0. The van der Waals surface area contributed by atoms with Gasteiger partial charge in [-0.2, -0.15) is 0 Å². The van der Waals surface area contributed by atoms with Crippen LogP contribution in [0.1, 0.15) is 38.3 Å². The largest absolute Gasteiger partial charge is 0.491 e. The molecule has 2 aromatic rings. The third kappa shape index (κ3) is 6.03. The summed E-state index contributed by atoms with van der Waals surface area (Å²) in [5.74, 6) is 0.0730. The van der Waals surface area contributed by atoms with Crippen molar-refractivity contribution >= 4 is 46.1 Å². The average Bonchev–Trinajstić information content (AvgIpc) is 3.11. The summed E-state index contributed by atoms with van der Waals surface area (Å²) in [6, 6.07) is 6.23. The molecule has 1 fully saturated rings. The molecule has 1 saturated heterocycles. The Labute approximate surface area is 188 Å². The topological polar surface area (TPSA) is 57.4 Å². The second-order valence-corrected chi connectivity index (χ2v) is 8.48. The van der Waals surface area contributed by atoms with E-state index in [1.54, 1.807) is 18.2 Å². The van der Waals surface area contributed by atoms with E-state index in [1.165, 1.54) is 26.4 Å². The maximum absolute atomic E-state index is 12.4. The van der Waals surface area contributed by atoms with E-state index in [4.69, 9.17) is 27.9 Å². The summed E-state index contributed by atoms with van der Waals surface area (Å²) < 4.78 is 5.25. The van der Waals surface area contributed by atoms with Crippen LogP contribution < -0.4 is 5.32 Å². The van der Waals surface area contributed by atoms with Crippen LogP contribution in [0.5, 0.6) is 0 Å². The molecule has 1 aromatic heterocycles. The number of amides is 1. The third-order valence-corrected chi connectivity index (χ3v) is 6.22. The Hall–Kier alpha value is -1.95. The molecule has 1 aliphatic rings. The molecule has 0 radical (unpaired) electrons. The number of hydrogen-bond acceptors (Lipinski definition) is 3. The van der Waals surface area contributed by atoms with E-state index < -0.39 is 0 Å². The van der Waals surface area contributed by atoms with Gasteiger partial charge in [0, 0.05) is 35.7 Å². The molecule has 0 spiro atoms. The summed E-state index contributed by atoms with van der Waals surface area (Å²) in [5, 5.41) is 4.94. The number of likely N-dealkylation sites (tertiary alicyclic amines) is 1. The first kappa shape index (κ1) is 22.7. The number of benzene rings is 1. The number of ether oxygens (including phenoxy) is 1. The van der Waals surface area contributed by atoms with Gasteiger partial charge < -0.3 is 19.9 Å². The summed E-state index contributed by atoms with van der Waals surface area (Å²) in [6.07, 6.45) is 10.1. The normalized spacial score (nSPS) is 18.3. The van der Waals surface area contributed by atoms with Crippen LogP contribution in [0.2, 0.25) is 10.0 Å². The summed E-state index contributed by atoms with van der Waals surface area (Å²) >= 11 is 12.1. The van der Waals surface area contributed by atoms with Gasteiger partial charge in [-0.1, -0.05) is 35.7 Å². The van der Waals surface area contributed by atoms with E-state index in [2.05, 4.69) is 22.1 Å². The first-order valence-corrected chi connectivity index (χ1v) is 11.2. The van der Waals surface area contributed by atoms with Crippen molar-refractivity contribution < 1.29 is 9.53 Å². The fourth-order valence-corrected chi connectivity index (χ4v) is 4.11. The lowest BCUT2D eigenvalue weighted by Gasteiger charge is -2.33. The molecule has 30 heavy (non-hydrogen) atoms.